The zero-order chi connectivity index (χ0) is 19.4. The molecule has 0 fully saturated rings. The zero-order valence-corrected chi connectivity index (χ0v) is 16.4. The molecule has 0 spiro atoms. The van der Waals surface area contributed by atoms with Crippen LogP contribution in [0.3, 0.4) is 0 Å². The van der Waals surface area contributed by atoms with E-state index in [9.17, 15) is 8.42 Å². The summed E-state index contributed by atoms with van der Waals surface area (Å²) in [6, 6.07) is 11.5. The van der Waals surface area contributed by atoms with Crippen molar-refractivity contribution in [3.8, 4) is 5.82 Å². The lowest BCUT2D eigenvalue weighted by molar-refractivity contribution is 0.583. The van der Waals surface area contributed by atoms with Crippen molar-refractivity contribution >= 4 is 27.4 Å². The van der Waals surface area contributed by atoms with Crippen LogP contribution in [-0.2, 0) is 10.0 Å². The van der Waals surface area contributed by atoms with E-state index in [4.69, 9.17) is 11.6 Å². The number of benzene rings is 1. The molecule has 0 aliphatic heterocycles. The quantitative estimate of drug-likeness (QED) is 0.584. The molecule has 0 amide bonds. The fourth-order valence-electron chi connectivity index (χ4n) is 2.47. The van der Waals surface area contributed by atoms with Crippen LogP contribution in [0.4, 0.5) is 5.82 Å². The molecule has 0 radical (unpaired) electrons. The second-order valence-electron chi connectivity index (χ2n) is 5.89. The smallest absolute Gasteiger partial charge is 0.240 e. The molecular weight excluding hydrogens is 388 g/mol. The first-order valence-electron chi connectivity index (χ1n) is 8.22. The van der Waals surface area contributed by atoms with Gasteiger partial charge in [0, 0.05) is 23.8 Å². The van der Waals surface area contributed by atoms with Gasteiger partial charge in [0.2, 0.25) is 10.0 Å². The number of rotatable bonds is 7. The molecule has 10 heteroatoms. The van der Waals surface area contributed by atoms with E-state index in [1.807, 2.05) is 19.9 Å². The third-order valence-corrected chi connectivity index (χ3v) is 5.45. The highest BCUT2D eigenvalue weighted by Crippen LogP contribution is 2.14. The lowest BCUT2D eigenvalue weighted by Gasteiger charge is -2.09. The van der Waals surface area contributed by atoms with Gasteiger partial charge in [0.15, 0.2) is 5.82 Å². The van der Waals surface area contributed by atoms with Gasteiger partial charge in [0.1, 0.15) is 5.82 Å². The topological polar surface area (TPSA) is 102 Å². The van der Waals surface area contributed by atoms with Crippen LogP contribution in [0, 0.1) is 13.8 Å². The zero-order valence-electron chi connectivity index (χ0n) is 14.8. The number of hydrogen-bond acceptors (Lipinski definition) is 6. The summed E-state index contributed by atoms with van der Waals surface area (Å²) >= 11 is 5.77. The van der Waals surface area contributed by atoms with Gasteiger partial charge in [-0.3, -0.25) is 0 Å². The van der Waals surface area contributed by atoms with E-state index in [1.165, 1.54) is 24.3 Å². The molecule has 0 saturated heterocycles. The van der Waals surface area contributed by atoms with Gasteiger partial charge >= 0.3 is 0 Å². The molecule has 0 aliphatic rings. The van der Waals surface area contributed by atoms with Crippen molar-refractivity contribution in [2.24, 2.45) is 0 Å². The first-order chi connectivity index (χ1) is 12.8. The Kier molecular flexibility index (Phi) is 5.73. The Morgan fingerprint density at radius 3 is 2.37 bits per heavy atom. The molecular formula is C17H19ClN6O2S. The Balaban J connectivity index is 1.53. The van der Waals surface area contributed by atoms with Crippen LogP contribution in [0.25, 0.3) is 5.82 Å². The summed E-state index contributed by atoms with van der Waals surface area (Å²) in [6.07, 6.45) is 0. The van der Waals surface area contributed by atoms with Crippen molar-refractivity contribution in [3.05, 3.63) is 58.9 Å². The van der Waals surface area contributed by atoms with Crippen LogP contribution < -0.4 is 10.0 Å². The van der Waals surface area contributed by atoms with Crippen LogP contribution in [0.15, 0.2) is 47.4 Å². The third-order valence-electron chi connectivity index (χ3n) is 3.72. The Morgan fingerprint density at radius 1 is 1.04 bits per heavy atom. The van der Waals surface area contributed by atoms with Crippen molar-refractivity contribution < 1.29 is 8.42 Å². The molecule has 27 heavy (non-hydrogen) atoms. The predicted molar refractivity (Wildman–Crippen MR) is 104 cm³/mol. The van der Waals surface area contributed by atoms with Crippen molar-refractivity contribution in [2.75, 3.05) is 18.4 Å². The monoisotopic (exact) mass is 406 g/mol. The van der Waals surface area contributed by atoms with Crippen molar-refractivity contribution in [2.45, 2.75) is 18.7 Å². The van der Waals surface area contributed by atoms with Crippen LogP contribution in [0.5, 0.6) is 0 Å². The Labute approximate surface area is 162 Å². The summed E-state index contributed by atoms with van der Waals surface area (Å²) in [7, 11) is -3.57. The molecule has 0 unspecified atom stereocenters. The van der Waals surface area contributed by atoms with Crippen LogP contribution in [0.2, 0.25) is 5.02 Å². The maximum Gasteiger partial charge on any atom is 0.240 e. The van der Waals surface area contributed by atoms with E-state index in [2.05, 4.69) is 25.3 Å². The van der Waals surface area contributed by atoms with Gasteiger partial charge in [0.05, 0.1) is 10.6 Å². The largest absolute Gasteiger partial charge is 0.367 e. The lowest BCUT2D eigenvalue weighted by atomic mass is 10.4. The highest BCUT2D eigenvalue weighted by atomic mass is 35.5. The van der Waals surface area contributed by atoms with Gasteiger partial charge in [-0.2, -0.15) is 5.10 Å². The van der Waals surface area contributed by atoms with E-state index in [0.29, 0.717) is 23.2 Å². The Morgan fingerprint density at radius 2 is 1.78 bits per heavy atom. The minimum absolute atomic E-state index is 0.168. The second-order valence-corrected chi connectivity index (χ2v) is 8.10. The number of sulfonamides is 1. The number of hydrogen-bond donors (Lipinski definition) is 2. The van der Waals surface area contributed by atoms with Gasteiger partial charge < -0.3 is 5.32 Å². The molecule has 0 bridgehead atoms. The first-order valence-corrected chi connectivity index (χ1v) is 10.1. The van der Waals surface area contributed by atoms with Crippen molar-refractivity contribution in [1.82, 2.24) is 24.7 Å². The highest BCUT2D eigenvalue weighted by Gasteiger charge is 2.12. The average molecular weight is 407 g/mol. The minimum atomic E-state index is -3.57. The molecule has 0 atom stereocenters. The number of aryl methyl sites for hydroxylation is 2. The molecule has 2 N–H and O–H groups in total. The molecule has 142 valence electrons. The van der Waals surface area contributed by atoms with E-state index >= 15 is 0 Å². The minimum Gasteiger partial charge on any atom is -0.367 e. The van der Waals surface area contributed by atoms with Gasteiger partial charge in [-0.1, -0.05) is 11.6 Å². The highest BCUT2D eigenvalue weighted by molar-refractivity contribution is 7.89. The van der Waals surface area contributed by atoms with E-state index < -0.39 is 10.0 Å². The molecule has 3 aromatic rings. The number of halogens is 1. The summed E-state index contributed by atoms with van der Waals surface area (Å²) in [4.78, 5) is 0.168. The maximum atomic E-state index is 12.2. The van der Waals surface area contributed by atoms with Crippen LogP contribution >= 0.6 is 11.6 Å². The lowest BCUT2D eigenvalue weighted by Crippen LogP contribution is -2.29. The molecule has 1 aromatic carbocycles. The van der Waals surface area contributed by atoms with E-state index in [-0.39, 0.29) is 11.4 Å². The SMILES string of the molecule is Cc1cc(C)n(-c2ccc(NCCNS(=O)(=O)c3ccc(Cl)cc3)nn2)n1. The predicted octanol–water partition coefficient (Wildman–Crippen LogP) is 2.32. The maximum absolute atomic E-state index is 12.2. The molecule has 8 nitrogen and oxygen atoms in total. The number of nitrogens with one attached hydrogen (secondary N) is 2. The number of anilines is 1. The van der Waals surface area contributed by atoms with Crippen molar-refractivity contribution in [1.29, 1.82) is 0 Å². The summed E-state index contributed by atoms with van der Waals surface area (Å²) in [5.74, 6) is 1.17. The van der Waals surface area contributed by atoms with Crippen LogP contribution in [0.1, 0.15) is 11.4 Å². The first kappa shape index (κ1) is 19.3. The molecule has 3 rings (SSSR count). The fraction of sp³-hybridized carbons (Fsp3) is 0.235. The van der Waals surface area contributed by atoms with Gasteiger partial charge in [-0.15, -0.1) is 10.2 Å². The standard InChI is InChI=1S/C17H19ClN6O2S/c1-12-11-13(2)24(23-12)17-8-7-16(21-22-17)19-9-10-20-27(25,26)15-5-3-14(18)4-6-15/h3-8,11,20H,9-10H2,1-2H3,(H,19,21). The average Bonchev–Trinajstić information content (AvgIpc) is 2.98. The molecule has 0 aliphatic carbocycles. The second kappa shape index (κ2) is 8.03. The summed E-state index contributed by atoms with van der Waals surface area (Å²) < 4.78 is 28.6. The van der Waals surface area contributed by atoms with Crippen molar-refractivity contribution in [3.63, 3.8) is 0 Å². The van der Waals surface area contributed by atoms with Gasteiger partial charge in [-0.05, 0) is 56.3 Å². The summed E-state index contributed by atoms with van der Waals surface area (Å²) in [6.45, 7) is 4.42. The summed E-state index contributed by atoms with van der Waals surface area (Å²) in [5.41, 5.74) is 1.88. The van der Waals surface area contributed by atoms with E-state index in [1.54, 1.807) is 16.8 Å². The normalized spacial score (nSPS) is 11.5. The molecule has 0 saturated carbocycles. The van der Waals surface area contributed by atoms with Gasteiger partial charge in [0.25, 0.3) is 0 Å². The number of aromatic nitrogens is 4. The van der Waals surface area contributed by atoms with E-state index in [0.717, 1.165) is 11.4 Å². The van der Waals surface area contributed by atoms with Gasteiger partial charge in [-0.25, -0.2) is 17.8 Å². The summed E-state index contributed by atoms with van der Waals surface area (Å²) in [5, 5.41) is 16.1. The fourth-order valence-corrected chi connectivity index (χ4v) is 3.62. The molecule has 2 aromatic heterocycles. The Bertz CT molecular complexity index is 1020. The Hall–Kier alpha value is -2.49. The van der Waals surface area contributed by atoms with Crippen LogP contribution in [-0.4, -0.2) is 41.5 Å². The number of nitrogens with zero attached hydrogens (tertiary/aromatic N) is 4. The third kappa shape index (κ3) is 4.82. The molecule has 2 heterocycles.